The van der Waals surface area contributed by atoms with Crippen LogP contribution in [0.4, 0.5) is 0 Å². The number of rotatable bonds is 3. The average molecular weight is 319 g/mol. The molecule has 7 heteroatoms. The number of nitrogens with zero attached hydrogens (tertiary/aromatic N) is 4. The Morgan fingerprint density at radius 1 is 1.50 bits per heavy atom. The molecule has 3 rings (SSSR count). The second-order valence-electron chi connectivity index (χ2n) is 5.94. The quantitative estimate of drug-likeness (QED) is 0.935. The van der Waals surface area contributed by atoms with Crippen molar-refractivity contribution in [1.82, 2.24) is 19.7 Å². The molecule has 0 radical (unpaired) electrons. The molecule has 0 unspecified atom stereocenters. The summed E-state index contributed by atoms with van der Waals surface area (Å²) in [5, 5.41) is 4.97. The van der Waals surface area contributed by atoms with E-state index < -0.39 is 0 Å². The number of nitrogens with two attached hydrogens (primary N) is 1. The zero-order valence-corrected chi connectivity index (χ0v) is 13.7. The minimum absolute atomic E-state index is 0.0676. The number of amides is 1. The molecule has 2 N–H and O–H groups in total. The van der Waals surface area contributed by atoms with Gasteiger partial charge in [0.25, 0.3) is 5.91 Å². The third kappa shape index (κ3) is 3.05. The van der Waals surface area contributed by atoms with Crippen LogP contribution < -0.4 is 5.73 Å². The Labute approximate surface area is 133 Å². The predicted octanol–water partition coefficient (Wildman–Crippen LogP) is 1.74. The minimum Gasteiger partial charge on any atom is -0.338 e. The highest BCUT2D eigenvalue weighted by molar-refractivity contribution is 7.16. The summed E-state index contributed by atoms with van der Waals surface area (Å²) in [4.78, 5) is 19.6. The van der Waals surface area contributed by atoms with Crippen molar-refractivity contribution < 1.29 is 4.79 Å². The van der Waals surface area contributed by atoms with Gasteiger partial charge in [-0.2, -0.15) is 5.10 Å². The monoisotopic (exact) mass is 319 g/mol. The van der Waals surface area contributed by atoms with Gasteiger partial charge in [0, 0.05) is 37.9 Å². The Morgan fingerprint density at radius 2 is 2.32 bits per heavy atom. The standard InChI is InChI=1S/C15H21N5OS/c1-10(16)11-4-3-5-20(9-11)15(21)13-7-17-14(22-13)12-6-18-19(2)8-12/h6-8,10-11H,3-5,9,16H2,1-2H3/t10-,11+/m1/s1. The lowest BCUT2D eigenvalue weighted by atomic mass is 9.92. The molecule has 0 aromatic carbocycles. The van der Waals surface area contributed by atoms with Gasteiger partial charge in [-0.25, -0.2) is 4.98 Å². The van der Waals surface area contributed by atoms with E-state index in [0.29, 0.717) is 10.8 Å². The van der Waals surface area contributed by atoms with E-state index in [4.69, 9.17) is 5.73 Å². The smallest absolute Gasteiger partial charge is 0.265 e. The van der Waals surface area contributed by atoms with Crippen LogP contribution in [0.3, 0.4) is 0 Å². The Kier molecular flexibility index (Phi) is 4.26. The van der Waals surface area contributed by atoms with Gasteiger partial charge in [0.1, 0.15) is 9.88 Å². The van der Waals surface area contributed by atoms with Crippen molar-refractivity contribution in [3.63, 3.8) is 0 Å². The zero-order valence-electron chi connectivity index (χ0n) is 12.9. The van der Waals surface area contributed by atoms with Gasteiger partial charge in [0.2, 0.25) is 0 Å². The fraction of sp³-hybridized carbons (Fsp3) is 0.533. The summed E-state index contributed by atoms with van der Waals surface area (Å²) in [5.74, 6) is 0.460. The molecular formula is C15H21N5OS. The molecule has 6 nitrogen and oxygen atoms in total. The van der Waals surface area contributed by atoms with Crippen molar-refractivity contribution in [2.45, 2.75) is 25.8 Å². The van der Waals surface area contributed by atoms with E-state index in [9.17, 15) is 4.79 Å². The highest BCUT2D eigenvalue weighted by atomic mass is 32.1. The molecule has 2 aromatic heterocycles. The third-order valence-electron chi connectivity index (χ3n) is 4.16. The van der Waals surface area contributed by atoms with Gasteiger partial charge in [-0.05, 0) is 25.7 Å². The van der Waals surface area contributed by atoms with Crippen molar-refractivity contribution in [2.24, 2.45) is 18.7 Å². The fourth-order valence-electron chi connectivity index (χ4n) is 2.82. The second-order valence-corrected chi connectivity index (χ2v) is 6.98. The van der Waals surface area contributed by atoms with Crippen LogP contribution in [-0.2, 0) is 7.05 Å². The molecule has 0 saturated carbocycles. The maximum atomic E-state index is 12.7. The van der Waals surface area contributed by atoms with Crippen LogP contribution in [-0.4, -0.2) is 44.7 Å². The van der Waals surface area contributed by atoms with E-state index >= 15 is 0 Å². The van der Waals surface area contributed by atoms with Crippen molar-refractivity contribution >= 4 is 17.2 Å². The molecular weight excluding hydrogens is 298 g/mol. The Balaban J connectivity index is 1.74. The molecule has 2 aromatic rings. The predicted molar refractivity (Wildman–Crippen MR) is 86.6 cm³/mol. The van der Waals surface area contributed by atoms with E-state index in [0.717, 1.165) is 36.5 Å². The van der Waals surface area contributed by atoms with E-state index in [1.807, 2.05) is 25.1 Å². The number of likely N-dealkylation sites (tertiary alicyclic amines) is 1. The van der Waals surface area contributed by atoms with Crippen LogP contribution in [0.2, 0.25) is 0 Å². The summed E-state index contributed by atoms with van der Waals surface area (Å²) in [5.41, 5.74) is 6.94. The molecule has 1 saturated heterocycles. The number of aromatic nitrogens is 3. The van der Waals surface area contributed by atoms with E-state index in [-0.39, 0.29) is 11.9 Å². The molecule has 1 amide bonds. The molecule has 0 aliphatic carbocycles. The Bertz CT molecular complexity index is 662. The highest BCUT2D eigenvalue weighted by Crippen LogP contribution is 2.27. The SMILES string of the molecule is C[C@@H](N)[C@H]1CCCN(C(=O)c2cnc(-c3cnn(C)c3)s2)C1. The minimum atomic E-state index is 0.0676. The Hall–Kier alpha value is -1.73. The molecule has 1 fully saturated rings. The van der Waals surface area contributed by atoms with E-state index in [1.54, 1.807) is 17.1 Å². The van der Waals surface area contributed by atoms with Crippen molar-refractivity contribution in [2.75, 3.05) is 13.1 Å². The van der Waals surface area contributed by atoms with Gasteiger partial charge >= 0.3 is 0 Å². The number of carbonyl (C=O) groups is 1. The molecule has 0 bridgehead atoms. The van der Waals surface area contributed by atoms with Gasteiger partial charge in [-0.3, -0.25) is 9.48 Å². The lowest BCUT2D eigenvalue weighted by Crippen LogP contribution is -2.44. The van der Waals surface area contributed by atoms with Crippen molar-refractivity contribution in [3.05, 3.63) is 23.5 Å². The van der Waals surface area contributed by atoms with Crippen LogP contribution in [0, 0.1) is 5.92 Å². The second kappa shape index (κ2) is 6.18. The lowest BCUT2D eigenvalue weighted by molar-refractivity contribution is 0.0665. The van der Waals surface area contributed by atoms with Crippen LogP contribution in [0.15, 0.2) is 18.6 Å². The largest absolute Gasteiger partial charge is 0.338 e. The zero-order chi connectivity index (χ0) is 15.7. The van der Waals surface area contributed by atoms with Gasteiger partial charge in [0.05, 0.1) is 12.4 Å². The number of carbonyl (C=O) groups excluding carboxylic acids is 1. The van der Waals surface area contributed by atoms with Gasteiger partial charge in [-0.1, -0.05) is 0 Å². The van der Waals surface area contributed by atoms with Gasteiger partial charge in [0.15, 0.2) is 0 Å². The number of thiazole rings is 1. The number of hydrogen-bond acceptors (Lipinski definition) is 5. The van der Waals surface area contributed by atoms with Gasteiger partial charge < -0.3 is 10.6 Å². The average Bonchev–Trinajstić information content (AvgIpc) is 3.15. The summed E-state index contributed by atoms with van der Waals surface area (Å²) in [6.45, 7) is 3.57. The summed E-state index contributed by atoms with van der Waals surface area (Å²) < 4.78 is 1.73. The van der Waals surface area contributed by atoms with Crippen LogP contribution >= 0.6 is 11.3 Å². The molecule has 1 aliphatic heterocycles. The molecule has 1 aliphatic rings. The van der Waals surface area contributed by atoms with Crippen molar-refractivity contribution in [1.29, 1.82) is 0 Å². The van der Waals surface area contributed by atoms with Crippen LogP contribution in [0.5, 0.6) is 0 Å². The first kappa shape index (κ1) is 15.2. The fourth-order valence-corrected chi connectivity index (χ4v) is 3.68. The number of aryl methyl sites for hydroxylation is 1. The van der Waals surface area contributed by atoms with Crippen LogP contribution in [0.25, 0.3) is 10.6 Å². The maximum Gasteiger partial charge on any atom is 0.265 e. The first-order chi connectivity index (χ1) is 10.5. The number of piperidine rings is 1. The molecule has 3 heterocycles. The molecule has 22 heavy (non-hydrogen) atoms. The summed E-state index contributed by atoms with van der Waals surface area (Å²) in [7, 11) is 1.87. The van der Waals surface area contributed by atoms with E-state index in [1.165, 1.54) is 11.3 Å². The molecule has 2 atom stereocenters. The summed E-state index contributed by atoms with van der Waals surface area (Å²) in [6.07, 6.45) is 7.46. The topological polar surface area (TPSA) is 77.0 Å². The molecule has 118 valence electrons. The van der Waals surface area contributed by atoms with Crippen molar-refractivity contribution in [3.8, 4) is 10.6 Å². The van der Waals surface area contributed by atoms with Crippen LogP contribution in [0.1, 0.15) is 29.4 Å². The first-order valence-corrected chi connectivity index (χ1v) is 8.36. The third-order valence-corrected chi connectivity index (χ3v) is 5.19. The molecule has 0 spiro atoms. The normalized spacial score (nSPS) is 20.1. The van der Waals surface area contributed by atoms with E-state index in [2.05, 4.69) is 10.1 Å². The first-order valence-electron chi connectivity index (χ1n) is 7.54. The maximum absolute atomic E-state index is 12.7. The summed E-state index contributed by atoms with van der Waals surface area (Å²) in [6, 6.07) is 0.128. The Morgan fingerprint density at radius 3 is 3.00 bits per heavy atom. The number of hydrogen-bond donors (Lipinski definition) is 1. The van der Waals surface area contributed by atoms with Gasteiger partial charge in [-0.15, -0.1) is 11.3 Å². The summed E-state index contributed by atoms with van der Waals surface area (Å²) >= 11 is 1.42. The lowest BCUT2D eigenvalue weighted by Gasteiger charge is -2.34. The highest BCUT2D eigenvalue weighted by Gasteiger charge is 2.27.